The quantitative estimate of drug-likeness (QED) is 0.541. The lowest BCUT2D eigenvalue weighted by Gasteiger charge is -2.26. The third-order valence-corrected chi connectivity index (χ3v) is 3.73. The van der Waals surface area contributed by atoms with E-state index in [-0.39, 0.29) is 29.2 Å². The fourth-order valence-electron chi connectivity index (χ4n) is 2.54. The second-order valence-corrected chi connectivity index (χ2v) is 5.84. The lowest BCUT2D eigenvalue weighted by atomic mass is 10.2. The fraction of sp³-hybridized carbons (Fsp3) is 0.538. The minimum Gasteiger partial charge on any atom is -0.391 e. The van der Waals surface area contributed by atoms with Gasteiger partial charge in [0.1, 0.15) is 11.5 Å². The minimum atomic E-state index is -0.520. The number of hydrazine groups is 1. The number of nitrogens with one attached hydrogen (secondary N) is 1. The third-order valence-electron chi connectivity index (χ3n) is 3.43. The first-order valence-corrected chi connectivity index (χ1v) is 7.07. The molecule has 0 aromatic carbocycles. The number of β-amino-alcohol motifs (C(OH)–C–C–N with tert-alkyl or cyclic N) is 1. The molecule has 2 heterocycles. The lowest BCUT2D eigenvalue weighted by Crippen LogP contribution is -2.41. The van der Waals surface area contributed by atoms with Gasteiger partial charge in [-0.05, 0) is 32.6 Å². The molecule has 0 spiro atoms. The van der Waals surface area contributed by atoms with Crippen LogP contribution >= 0.6 is 11.6 Å². The SMILES string of the molecule is CN(C)CC1CC(O)CN1C(=O)c1nc(NN)ccc1Cl. The predicted molar refractivity (Wildman–Crippen MR) is 81.1 cm³/mol. The molecule has 1 aromatic rings. The number of nitrogen functional groups attached to an aromatic ring is 1. The summed E-state index contributed by atoms with van der Waals surface area (Å²) in [7, 11) is 3.86. The molecule has 1 saturated heterocycles. The van der Waals surface area contributed by atoms with E-state index in [1.54, 1.807) is 17.0 Å². The number of likely N-dealkylation sites (N-methyl/N-ethyl adjacent to an activating group) is 1. The Morgan fingerprint density at radius 2 is 2.33 bits per heavy atom. The molecule has 0 radical (unpaired) electrons. The Kier molecular flexibility index (Phi) is 5.00. The van der Waals surface area contributed by atoms with E-state index in [2.05, 4.69) is 10.4 Å². The molecular weight excluding hydrogens is 294 g/mol. The van der Waals surface area contributed by atoms with Crippen LogP contribution in [0.4, 0.5) is 5.82 Å². The number of rotatable bonds is 4. The fourth-order valence-corrected chi connectivity index (χ4v) is 2.73. The van der Waals surface area contributed by atoms with Gasteiger partial charge in [0.2, 0.25) is 0 Å². The number of likely N-dealkylation sites (tertiary alicyclic amines) is 1. The highest BCUT2D eigenvalue weighted by Gasteiger charge is 2.36. The van der Waals surface area contributed by atoms with E-state index >= 15 is 0 Å². The number of aliphatic hydroxyl groups is 1. The summed E-state index contributed by atoms with van der Waals surface area (Å²) < 4.78 is 0. The summed E-state index contributed by atoms with van der Waals surface area (Å²) in [5.41, 5.74) is 2.54. The highest BCUT2D eigenvalue weighted by Crippen LogP contribution is 2.24. The summed E-state index contributed by atoms with van der Waals surface area (Å²) in [6, 6.07) is 3.11. The first-order valence-electron chi connectivity index (χ1n) is 6.69. The smallest absolute Gasteiger partial charge is 0.274 e. The van der Waals surface area contributed by atoms with E-state index in [1.807, 2.05) is 19.0 Å². The molecule has 2 atom stereocenters. The minimum absolute atomic E-state index is 0.0603. The zero-order chi connectivity index (χ0) is 15.6. The van der Waals surface area contributed by atoms with Gasteiger partial charge in [0.15, 0.2) is 0 Å². The van der Waals surface area contributed by atoms with Gasteiger partial charge in [-0.15, -0.1) is 0 Å². The Bertz CT molecular complexity index is 525. The maximum Gasteiger partial charge on any atom is 0.274 e. The molecule has 1 aromatic heterocycles. The zero-order valence-corrected chi connectivity index (χ0v) is 12.8. The molecule has 1 aliphatic rings. The summed E-state index contributed by atoms with van der Waals surface area (Å²) >= 11 is 6.06. The van der Waals surface area contributed by atoms with Crippen LogP contribution < -0.4 is 11.3 Å². The van der Waals surface area contributed by atoms with Gasteiger partial charge < -0.3 is 20.3 Å². The normalized spacial score (nSPS) is 21.9. The van der Waals surface area contributed by atoms with Crippen LogP contribution in [0.25, 0.3) is 0 Å². The summed E-state index contributed by atoms with van der Waals surface area (Å²) in [6.45, 7) is 0.963. The number of carbonyl (C=O) groups excluding carboxylic acids is 1. The van der Waals surface area contributed by atoms with Crippen molar-refractivity contribution in [3.05, 3.63) is 22.8 Å². The first kappa shape index (κ1) is 16.0. The van der Waals surface area contributed by atoms with Gasteiger partial charge in [0, 0.05) is 19.1 Å². The number of hydrogen-bond donors (Lipinski definition) is 3. The number of nitrogens with two attached hydrogens (primary N) is 1. The number of pyridine rings is 1. The van der Waals surface area contributed by atoms with E-state index in [4.69, 9.17) is 17.4 Å². The van der Waals surface area contributed by atoms with Crippen molar-refractivity contribution in [2.24, 2.45) is 5.84 Å². The van der Waals surface area contributed by atoms with Crippen molar-refractivity contribution < 1.29 is 9.90 Å². The van der Waals surface area contributed by atoms with E-state index in [9.17, 15) is 9.90 Å². The number of aromatic nitrogens is 1. The van der Waals surface area contributed by atoms with Crippen LogP contribution in [0, 0.1) is 0 Å². The van der Waals surface area contributed by atoms with E-state index < -0.39 is 6.10 Å². The summed E-state index contributed by atoms with van der Waals surface area (Å²) in [5.74, 6) is 5.39. The second kappa shape index (κ2) is 6.57. The van der Waals surface area contributed by atoms with Crippen molar-refractivity contribution >= 4 is 23.3 Å². The molecule has 21 heavy (non-hydrogen) atoms. The van der Waals surface area contributed by atoms with Gasteiger partial charge >= 0.3 is 0 Å². The molecule has 2 rings (SSSR count). The van der Waals surface area contributed by atoms with Crippen molar-refractivity contribution in [3.63, 3.8) is 0 Å². The number of aliphatic hydroxyl groups excluding tert-OH is 1. The Morgan fingerprint density at radius 3 is 2.95 bits per heavy atom. The number of amides is 1. The number of anilines is 1. The number of nitrogens with zero attached hydrogens (tertiary/aromatic N) is 3. The van der Waals surface area contributed by atoms with Crippen LogP contribution in [0.5, 0.6) is 0 Å². The highest BCUT2D eigenvalue weighted by atomic mass is 35.5. The summed E-state index contributed by atoms with van der Waals surface area (Å²) in [4.78, 5) is 20.4. The largest absolute Gasteiger partial charge is 0.391 e. The Labute approximate surface area is 128 Å². The van der Waals surface area contributed by atoms with Gasteiger partial charge in [-0.2, -0.15) is 0 Å². The average molecular weight is 314 g/mol. The predicted octanol–water partition coefficient (Wildman–Crippen LogP) is 0.158. The molecule has 8 heteroatoms. The topological polar surface area (TPSA) is 94.7 Å². The van der Waals surface area contributed by atoms with Gasteiger partial charge in [0.25, 0.3) is 5.91 Å². The molecule has 7 nitrogen and oxygen atoms in total. The molecule has 0 bridgehead atoms. The molecule has 1 amide bonds. The van der Waals surface area contributed by atoms with Crippen molar-refractivity contribution in [2.75, 3.05) is 32.6 Å². The monoisotopic (exact) mass is 313 g/mol. The summed E-state index contributed by atoms with van der Waals surface area (Å²) in [6.07, 6.45) is 0.0320. The Morgan fingerprint density at radius 1 is 1.62 bits per heavy atom. The molecule has 1 fully saturated rings. The molecular formula is C13H20ClN5O2. The molecule has 116 valence electrons. The van der Waals surface area contributed by atoms with Crippen molar-refractivity contribution in [3.8, 4) is 0 Å². The van der Waals surface area contributed by atoms with Gasteiger partial charge in [-0.25, -0.2) is 10.8 Å². The van der Waals surface area contributed by atoms with Crippen LogP contribution in [-0.2, 0) is 0 Å². The van der Waals surface area contributed by atoms with Crippen LogP contribution in [0.1, 0.15) is 16.9 Å². The molecule has 2 unspecified atom stereocenters. The Balaban J connectivity index is 2.25. The van der Waals surface area contributed by atoms with E-state index in [1.165, 1.54) is 0 Å². The van der Waals surface area contributed by atoms with Crippen molar-refractivity contribution in [1.29, 1.82) is 0 Å². The molecule has 0 aliphatic carbocycles. The second-order valence-electron chi connectivity index (χ2n) is 5.43. The van der Waals surface area contributed by atoms with Crippen LogP contribution in [0.3, 0.4) is 0 Å². The van der Waals surface area contributed by atoms with Gasteiger partial charge in [0.05, 0.1) is 11.1 Å². The van der Waals surface area contributed by atoms with Crippen LogP contribution in [0.2, 0.25) is 5.02 Å². The first-order chi connectivity index (χ1) is 9.92. The number of hydrogen-bond acceptors (Lipinski definition) is 6. The van der Waals surface area contributed by atoms with Crippen molar-refractivity contribution in [2.45, 2.75) is 18.6 Å². The zero-order valence-electron chi connectivity index (χ0n) is 12.1. The number of carbonyl (C=O) groups is 1. The molecule has 0 saturated carbocycles. The third kappa shape index (κ3) is 3.62. The Hall–Kier alpha value is -1.41. The number of halogens is 1. The van der Waals surface area contributed by atoms with Gasteiger partial charge in [-0.1, -0.05) is 11.6 Å². The van der Waals surface area contributed by atoms with E-state index in [0.29, 0.717) is 18.8 Å². The molecule has 1 aliphatic heterocycles. The average Bonchev–Trinajstić information content (AvgIpc) is 2.78. The van der Waals surface area contributed by atoms with E-state index in [0.717, 1.165) is 0 Å². The van der Waals surface area contributed by atoms with Crippen LogP contribution in [0.15, 0.2) is 12.1 Å². The maximum atomic E-state index is 12.7. The highest BCUT2D eigenvalue weighted by molar-refractivity contribution is 6.33. The lowest BCUT2D eigenvalue weighted by molar-refractivity contribution is 0.0693. The van der Waals surface area contributed by atoms with Gasteiger partial charge in [-0.3, -0.25) is 4.79 Å². The maximum absolute atomic E-state index is 12.7. The molecule has 4 N–H and O–H groups in total. The standard InChI is InChI=1S/C13H20ClN5O2/c1-18(2)6-8-5-9(20)7-19(8)13(21)12-10(14)3-4-11(16-12)17-15/h3-4,8-9,20H,5-7,15H2,1-2H3,(H,16,17). The van der Waals surface area contributed by atoms with Crippen molar-refractivity contribution in [1.82, 2.24) is 14.8 Å². The van der Waals surface area contributed by atoms with Crippen LogP contribution in [-0.4, -0.2) is 65.1 Å². The summed E-state index contributed by atoms with van der Waals surface area (Å²) in [5, 5.41) is 10.1.